The molecule has 0 radical (unpaired) electrons. The molecule has 0 aliphatic carbocycles. The van der Waals surface area contributed by atoms with E-state index in [4.69, 9.17) is 4.52 Å². The summed E-state index contributed by atoms with van der Waals surface area (Å²) < 4.78 is 32.6. The number of hydrogen-bond acceptors (Lipinski definition) is 5. The number of amides is 1. The highest BCUT2D eigenvalue weighted by Gasteiger charge is 2.36. The van der Waals surface area contributed by atoms with Crippen LogP contribution in [-0.2, 0) is 4.79 Å². The third kappa shape index (κ3) is 2.86. The molecule has 0 bridgehead atoms. The molecule has 3 aromatic rings. The monoisotopic (exact) mass is 342 g/mol. The molecule has 3 heterocycles. The van der Waals surface area contributed by atoms with Crippen molar-refractivity contribution in [1.82, 2.24) is 15.1 Å². The van der Waals surface area contributed by atoms with Crippen LogP contribution in [-0.4, -0.2) is 27.6 Å². The third-order valence-electron chi connectivity index (χ3n) is 4.05. The van der Waals surface area contributed by atoms with Gasteiger partial charge in [-0.3, -0.25) is 9.78 Å². The Morgan fingerprint density at radius 2 is 1.96 bits per heavy atom. The average Bonchev–Trinajstić information content (AvgIpc) is 3.25. The average molecular weight is 342 g/mol. The number of halogens is 2. The van der Waals surface area contributed by atoms with Crippen molar-refractivity contribution in [2.45, 2.75) is 12.3 Å². The largest absolute Gasteiger partial charge is 0.339 e. The van der Waals surface area contributed by atoms with Gasteiger partial charge in [-0.15, -0.1) is 0 Å². The maximum atomic E-state index is 13.9. The first-order valence-electron chi connectivity index (χ1n) is 7.61. The predicted octanol–water partition coefficient (Wildman–Crippen LogP) is 2.93. The van der Waals surface area contributed by atoms with E-state index in [1.165, 1.54) is 4.90 Å². The smallest absolute Gasteiger partial charge is 0.232 e. The summed E-state index contributed by atoms with van der Waals surface area (Å²) in [5.41, 5.74) is 0.656. The van der Waals surface area contributed by atoms with E-state index in [1.54, 1.807) is 24.5 Å². The minimum absolute atomic E-state index is 0.0821. The van der Waals surface area contributed by atoms with Gasteiger partial charge in [-0.25, -0.2) is 8.78 Å². The summed E-state index contributed by atoms with van der Waals surface area (Å²) in [5.74, 6) is -1.28. The van der Waals surface area contributed by atoms with E-state index in [2.05, 4.69) is 15.1 Å². The molecule has 8 heteroatoms. The van der Waals surface area contributed by atoms with Crippen LogP contribution >= 0.6 is 0 Å². The Balaban J connectivity index is 1.59. The van der Waals surface area contributed by atoms with Crippen LogP contribution in [0.25, 0.3) is 11.4 Å². The van der Waals surface area contributed by atoms with Gasteiger partial charge in [-0.1, -0.05) is 5.16 Å². The van der Waals surface area contributed by atoms with Crippen LogP contribution in [0.15, 0.2) is 47.2 Å². The SMILES string of the molecule is O=C1CC(c2nc(-c3ccncc3)no2)CN1c1cc(F)ccc1F. The topological polar surface area (TPSA) is 72.1 Å². The van der Waals surface area contributed by atoms with E-state index in [9.17, 15) is 13.6 Å². The number of carbonyl (C=O) groups is 1. The number of hydrogen-bond donors (Lipinski definition) is 0. The number of pyridine rings is 1. The summed E-state index contributed by atoms with van der Waals surface area (Å²) >= 11 is 0. The lowest BCUT2D eigenvalue weighted by Gasteiger charge is -2.16. The Hall–Kier alpha value is -3.16. The highest BCUT2D eigenvalue weighted by molar-refractivity contribution is 5.96. The lowest BCUT2D eigenvalue weighted by atomic mass is 10.1. The zero-order valence-corrected chi connectivity index (χ0v) is 12.9. The second-order valence-corrected chi connectivity index (χ2v) is 5.69. The maximum absolute atomic E-state index is 13.9. The molecule has 126 valence electrons. The van der Waals surface area contributed by atoms with Crippen LogP contribution in [0.5, 0.6) is 0 Å². The van der Waals surface area contributed by atoms with E-state index >= 15 is 0 Å². The molecule has 0 spiro atoms. The molecule has 1 aliphatic heterocycles. The zero-order chi connectivity index (χ0) is 17.4. The number of rotatable bonds is 3. The normalized spacial score (nSPS) is 17.3. The van der Waals surface area contributed by atoms with E-state index in [0.717, 1.165) is 23.8 Å². The molecule has 6 nitrogen and oxygen atoms in total. The first kappa shape index (κ1) is 15.4. The highest BCUT2D eigenvalue weighted by Crippen LogP contribution is 2.33. The summed E-state index contributed by atoms with van der Waals surface area (Å²) in [6.07, 6.45) is 3.31. The summed E-state index contributed by atoms with van der Waals surface area (Å²) in [5, 5.41) is 3.91. The fourth-order valence-corrected chi connectivity index (χ4v) is 2.82. The summed E-state index contributed by atoms with van der Waals surface area (Å²) in [4.78, 5) is 21.7. The van der Waals surface area contributed by atoms with Crippen LogP contribution in [0.3, 0.4) is 0 Å². The molecule has 0 saturated carbocycles. The lowest BCUT2D eigenvalue weighted by Crippen LogP contribution is -2.25. The molecule has 1 amide bonds. The van der Waals surface area contributed by atoms with E-state index in [0.29, 0.717) is 11.7 Å². The standard InChI is InChI=1S/C17H12F2N4O2/c18-12-1-2-13(19)14(8-12)23-9-11(7-15(23)24)17-21-16(22-25-17)10-3-5-20-6-4-10/h1-6,8,11H,7,9H2. The third-order valence-corrected chi connectivity index (χ3v) is 4.05. The lowest BCUT2D eigenvalue weighted by molar-refractivity contribution is -0.117. The number of benzene rings is 1. The van der Waals surface area contributed by atoms with Gasteiger partial charge in [0.2, 0.25) is 17.6 Å². The summed E-state index contributed by atoms with van der Waals surface area (Å²) in [7, 11) is 0. The van der Waals surface area contributed by atoms with Crippen molar-refractivity contribution >= 4 is 11.6 Å². The number of nitrogens with zero attached hydrogens (tertiary/aromatic N) is 4. The molecule has 0 N–H and O–H groups in total. The van der Waals surface area contributed by atoms with Gasteiger partial charge in [0, 0.05) is 37.0 Å². The molecule has 1 unspecified atom stereocenters. The Kier molecular flexibility index (Phi) is 3.72. The zero-order valence-electron chi connectivity index (χ0n) is 12.9. The van der Waals surface area contributed by atoms with E-state index in [1.807, 2.05) is 0 Å². The Morgan fingerprint density at radius 3 is 2.76 bits per heavy atom. The van der Waals surface area contributed by atoms with Crippen LogP contribution in [0.4, 0.5) is 14.5 Å². The molecule has 4 rings (SSSR count). The molecule has 2 aromatic heterocycles. The predicted molar refractivity (Wildman–Crippen MR) is 83.6 cm³/mol. The highest BCUT2D eigenvalue weighted by atomic mass is 19.1. The maximum Gasteiger partial charge on any atom is 0.232 e. The van der Waals surface area contributed by atoms with Gasteiger partial charge >= 0.3 is 0 Å². The van der Waals surface area contributed by atoms with Gasteiger partial charge < -0.3 is 9.42 Å². The fraction of sp³-hybridized carbons (Fsp3) is 0.176. The molecule has 1 atom stereocenters. The second-order valence-electron chi connectivity index (χ2n) is 5.69. The number of aromatic nitrogens is 3. The van der Waals surface area contributed by atoms with Crippen molar-refractivity contribution < 1.29 is 18.1 Å². The van der Waals surface area contributed by atoms with Gasteiger partial charge in [-0.05, 0) is 24.3 Å². The molecule has 1 aliphatic rings. The first-order valence-corrected chi connectivity index (χ1v) is 7.61. The molecular weight excluding hydrogens is 330 g/mol. The van der Waals surface area contributed by atoms with Crippen molar-refractivity contribution in [2.24, 2.45) is 0 Å². The molecule has 1 fully saturated rings. The first-order chi connectivity index (χ1) is 12.1. The molecule has 25 heavy (non-hydrogen) atoms. The fourth-order valence-electron chi connectivity index (χ4n) is 2.82. The number of anilines is 1. The van der Waals surface area contributed by atoms with Gasteiger partial charge in [0.15, 0.2) is 0 Å². The minimum atomic E-state index is -0.654. The Bertz CT molecular complexity index is 929. The Labute approximate surface area is 141 Å². The van der Waals surface area contributed by atoms with Crippen molar-refractivity contribution in [3.63, 3.8) is 0 Å². The van der Waals surface area contributed by atoms with Crippen molar-refractivity contribution in [3.8, 4) is 11.4 Å². The van der Waals surface area contributed by atoms with Crippen molar-refractivity contribution in [1.29, 1.82) is 0 Å². The van der Waals surface area contributed by atoms with Gasteiger partial charge in [0.1, 0.15) is 11.6 Å². The van der Waals surface area contributed by atoms with Crippen LogP contribution in [0, 0.1) is 11.6 Å². The Morgan fingerprint density at radius 1 is 1.16 bits per heavy atom. The van der Waals surface area contributed by atoms with Crippen LogP contribution < -0.4 is 4.90 Å². The summed E-state index contributed by atoms with van der Waals surface area (Å²) in [6.45, 7) is 0.150. The van der Waals surface area contributed by atoms with Gasteiger partial charge in [0.25, 0.3) is 0 Å². The van der Waals surface area contributed by atoms with E-state index < -0.39 is 11.6 Å². The van der Waals surface area contributed by atoms with E-state index in [-0.39, 0.29) is 30.5 Å². The number of carbonyl (C=O) groups excluding carboxylic acids is 1. The second kappa shape index (κ2) is 6.04. The quantitative estimate of drug-likeness (QED) is 0.732. The molecule has 1 saturated heterocycles. The van der Waals surface area contributed by atoms with Crippen LogP contribution in [0.2, 0.25) is 0 Å². The van der Waals surface area contributed by atoms with Crippen molar-refractivity contribution in [3.05, 3.63) is 60.3 Å². The molecular formula is C17H12F2N4O2. The molecule has 1 aromatic carbocycles. The van der Waals surface area contributed by atoms with Crippen molar-refractivity contribution in [2.75, 3.05) is 11.4 Å². The minimum Gasteiger partial charge on any atom is -0.339 e. The van der Waals surface area contributed by atoms with Gasteiger partial charge in [-0.2, -0.15) is 4.98 Å². The van der Waals surface area contributed by atoms with Crippen LogP contribution in [0.1, 0.15) is 18.2 Å². The van der Waals surface area contributed by atoms with Gasteiger partial charge in [0.05, 0.1) is 11.6 Å². The summed E-state index contributed by atoms with van der Waals surface area (Å²) in [6, 6.07) is 6.49.